The molecule has 0 saturated carbocycles. The standard InChI is InChI=1S/C10H21N3O2/c1-8(15-2)7-13-6-4-3-5-9(13)10(11)12-14/h8-9,14H,3-7H2,1-2H3,(H2,11,12). The van der Waals surface area contributed by atoms with Gasteiger partial charge >= 0.3 is 0 Å². The van der Waals surface area contributed by atoms with Gasteiger partial charge in [0.05, 0.1) is 12.1 Å². The van der Waals surface area contributed by atoms with Crippen molar-refractivity contribution < 1.29 is 9.94 Å². The molecule has 1 aliphatic rings. The summed E-state index contributed by atoms with van der Waals surface area (Å²) in [6, 6.07) is 0.0707. The first kappa shape index (κ1) is 12.3. The molecule has 0 bridgehead atoms. The number of ether oxygens (including phenoxy) is 1. The summed E-state index contributed by atoms with van der Waals surface area (Å²) < 4.78 is 5.23. The van der Waals surface area contributed by atoms with Crippen LogP contribution >= 0.6 is 0 Å². The number of oxime groups is 1. The van der Waals surface area contributed by atoms with Crippen molar-refractivity contribution in [3.05, 3.63) is 0 Å². The third-order valence-electron chi connectivity index (χ3n) is 2.96. The molecule has 0 spiro atoms. The van der Waals surface area contributed by atoms with E-state index in [0.717, 1.165) is 25.9 Å². The van der Waals surface area contributed by atoms with Crippen molar-refractivity contribution in [1.82, 2.24) is 4.90 Å². The lowest BCUT2D eigenvalue weighted by Gasteiger charge is -2.35. The fourth-order valence-electron chi connectivity index (χ4n) is 2.02. The van der Waals surface area contributed by atoms with Crippen LogP contribution in [-0.2, 0) is 4.74 Å². The number of nitrogens with zero attached hydrogens (tertiary/aromatic N) is 2. The number of amidine groups is 1. The van der Waals surface area contributed by atoms with Gasteiger partial charge in [-0.1, -0.05) is 11.6 Å². The molecule has 1 aliphatic heterocycles. The van der Waals surface area contributed by atoms with E-state index in [1.54, 1.807) is 7.11 Å². The van der Waals surface area contributed by atoms with E-state index in [-0.39, 0.29) is 12.1 Å². The molecule has 88 valence electrons. The molecule has 2 atom stereocenters. The van der Waals surface area contributed by atoms with Gasteiger partial charge in [0.2, 0.25) is 0 Å². The minimum absolute atomic E-state index is 0.0707. The molecular formula is C10H21N3O2. The van der Waals surface area contributed by atoms with E-state index in [1.807, 2.05) is 6.92 Å². The van der Waals surface area contributed by atoms with Gasteiger partial charge in [-0.25, -0.2) is 0 Å². The van der Waals surface area contributed by atoms with Gasteiger partial charge in [0.1, 0.15) is 0 Å². The average molecular weight is 215 g/mol. The van der Waals surface area contributed by atoms with Gasteiger partial charge in [-0.15, -0.1) is 0 Å². The molecule has 0 aromatic carbocycles. The highest BCUT2D eigenvalue weighted by atomic mass is 16.5. The average Bonchev–Trinajstić information content (AvgIpc) is 2.28. The maximum absolute atomic E-state index is 8.70. The molecule has 1 heterocycles. The minimum atomic E-state index is 0.0707. The number of likely N-dealkylation sites (tertiary alicyclic amines) is 1. The Bertz CT molecular complexity index is 221. The molecule has 0 aromatic rings. The second-order valence-electron chi connectivity index (χ2n) is 4.08. The molecular weight excluding hydrogens is 194 g/mol. The van der Waals surface area contributed by atoms with E-state index in [9.17, 15) is 0 Å². The molecule has 5 nitrogen and oxygen atoms in total. The Kier molecular flexibility index (Phi) is 4.84. The zero-order chi connectivity index (χ0) is 11.3. The summed E-state index contributed by atoms with van der Waals surface area (Å²) in [7, 11) is 1.70. The van der Waals surface area contributed by atoms with Crippen molar-refractivity contribution >= 4 is 5.84 Å². The van der Waals surface area contributed by atoms with Crippen molar-refractivity contribution in [3.63, 3.8) is 0 Å². The van der Waals surface area contributed by atoms with E-state index >= 15 is 0 Å². The summed E-state index contributed by atoms with van der Waals surface area (Å²) in [5.41, 5.74) is 5.67. The van der Waals surface area contributed by atoms with Gasteiger partial charge in [-0.2, -0.15) is 0 Å². The zero-order valence-corrected chi connectivity index (χ0v) is 9.52. The number of nitrogens with two attached hydrogens (primary N) is 1. The second kappa shape index (κ2) is 5.92. The molecule has 1 saturated heterocycles. The van der Waals surface area contributed by atoms with Crippen LogP contribution in [0, 0.1) is 0 Å². The smallest absolute Gasteiger partial charge is 0.156 e. The fraction of sp³-hybridized carbons (Fsp3) is 0.900. The molecule has 0 amide bonds. The Labute approximate surface area is 90.9 Å². The van der Waals surface area contributed by atoms with Crippen molar-refractivity contribution in [2.75, 3.05) is 20.2 Å². The topological polar surface area (TPSA) is 71.1 Å². The highest BCUT2D eigenvalue weighted by Crippen LogP contribution is 2.17. The Balaban J connectivity index is 2.57. The SMILES string of the molecule is COC(C)CN1CCCCC1C(N)=NO. The third-order valence-corrected chi connectivity index (χ3v) is 2.96. The first-order chi connectivity index (χ1) is 7.19. The first-order valence-electron chi connectivity index (χ1n) is 5.43. The summed E-state index contributed by atoms with van der Waals surface area (Å²) in [6.45, 7) is 3.85. The van der Waals surface area contributed by atoms with Gasteiger partial charge in [0.15, 0.2) is 5.84 Å². The Morgan fingerprint density at radius 3 is 3.00 bits per heavy atom. The Morgan fingerprint density at radius 2 is 2.40 bits per heavy atom. The molecule has 1 rings (SSSR count). The van der Waals surface area contributed by atoms with E-state index in [0.29, 0.717) is 5.84 Å². The summed E-state index contributed by atoms with van der Waals surface area (Å²) in [6.07, 6.45) is 3.45. The van der Waals surface area contributed by atoms with E-state index in [4.69, 9.17) is 15.7 Å². The molecule has 5 heteroatoms. The fourth-order valence-corrected chi connectivity index (χ4v) is 2.02. The van der Waals surface area contributed by atoms with Gasteiger partial charge in [0.25, 0.3) is 0 Å². The maximum atomic E-state index is 8.70. The highest BCUT2D eigenvalue weighted by molar-refractivity contribution is 5.85. The monoisotopic (exact) mass is 215 g/mol. The van der Waals surface area contributed by atoms with Crippen LogP contribution in [0.3, 0.4) is 0 Å². The van der Waals surface area contributed by atoms with Crippen LogP contribution in [0.1, 0.15) is 26.2 Å². The van der Waals surface area contributed by atoms with Crippen LogP contribution in [-0.4, -0.2) is 48.3 Å². The second-order valence-corrected chi connectivity index (χ2v) is 4.08. The van der Waals surface area contributed by atoms with E-state index in [2.05, 4.69) is 10.1 Å². The Morgan fingerprint density at radius 1 is 1.67 bits per heavy atom. The highest BCUT2D eigenvalue weighted by Gasteiger charge is 2.26. The van der Waals surface area contributed by atoms with Crippen molar-refractivity contribution in [3.8, 4) is 0 Å². The predicted octanol–water partition coefficient (Wildman–Crippen LogP) is 0.622. The van der Waals surface area contributed by atoms with Crippen LogP contribution in [0.4, 0.5) is 0 Å². The van der Waals surface area contributed by atoms with Gasteiger partial charge < -0.3 is 15.7 Å². The number of methoxy groups -OCH3 is 1. The lowest BCUT2D eigenvalue weighted by atomic mass is 10.0. The van der Waals surface area contributed by atoms with Crippen LogP contribution in [0.15, 0.2) is 5.16 Å². The lowest BCUT2D eigenvalue weighted by Crippen LogP contribution is -2.50. The van der Waals surface area contributed by atoms with E-state index < -0.39 is 0 Å². The third kappa shape index (κ3) is 3.35. The Hall–Kier alpha value is -0.810. The summed E-state index contributed by atoms with van der Waals surface area (Å²) in [4.78, 5) is 2.23. The van der Waals surface area contributed by atoms with Crippen LogP contribution in [0.2, 0.25) is 0 Å². The summed E-state index contributed by atoms with van der Waals surface area (Å²) >= 11 is 0. The number of hydrogen-bond donors (Lipinski definition) is 2. The predicted molar refractivity (Wildman–Crippen MR) is 59.1 cm³/mol. The molecule has 15 heavy (non-hydrogen) atoms. The molecule has 2 unspecified atom stereocenters. The van der Waals surface area contributed by atoms with Gasteiger partial charge in [0, 0.05) is 13.7 Å². The van der Waals surface area contributed by atoms with Crippen molar-refractivity contribution in [2.45, 2.75) is 38.3 Å². The van der Waals surface area contributed by atoms with Crippen LogP contribution in [0.25, 0.3) is 0 Å². The maximum Gasteiger partial charge on any atom is 0.156 e. The van der Waals surface area contributed by atoms with Crippen molar-refractivity contribution in [2.24, 2.45) is 10.9 Å². The largest absolute Gasteiger partial charge is 0.409 e. The number of hydrogen-bond acceptors (Lipinski definition) is 4. The molecule has 0 aromatic heterocycles. The van der Waals surface area contributed by atoms with Crippen molar-refractivity contribution in [1.29, 1.82) is 0 Å². The zero-order valence-electron chi connectivity index (χ0n) is 9.52. The molecule has 0 aliphatic carbocycles. The van der Waals surface area contributed by atoms with E-state index in [1.165, 1.54) is 6.42 Å². The summed E-state index contributed by atoms with van der Waals surface area (Å²) in [5, 5.41) is 11.8. The van der Waals surface area contributed by atoms with Gasteiger partial charge in [-0.05, 0) is 26.3 Å². The number of rotatable bonds is 4. The normalized spacial score (nSPS) is 26.5. The first-order valence-corrected chi connectivity index (χ1v) is 5.43. The minimum Gasteiger partial charge on any atom is -0.409 e. The summed E-state index contributed by atoms with van der Waals surface area (Å²) in [5.74, 6) is 0.318. The number of piperidine rings is 1. The van der Waals surface area contributed by atoms with Gasteiger partial charge in [-0.3, -0.25) is 4.90 Å². The molecule has 1 fully saturated rings. The molecule has 3 N–H and O–H groups in total. The lowest BCUT2D eigenvalue weighted by molar-refractivity contribution is 0.0595. The molecule has 0 radical (unpaired) electrons. The van der Waals surface area contributed by atoms with Crippen LogP contribution in [0.5, 0.6) is 0 Å². The van der Waals surface area contributed by atoms with Crippen LogP contribution < -0.4 is 5.73 Å². The quantitative estimate of drug-likeness (QED) is 0.312.